The van der Waals surface area contributed by atoms with E-state index in [1.807, 2.05) is 61.5 Å². The van der Waals surface area contributed by atoms with Gasteiger partial charge in [-0.05, 0) is 79.1 Å². The Morgan fingerprint density at radius 2 is 1.84 bits per heavy atom. The van der Waals surface area contributed by atoms with Gasteiger partial charge in [-0.3, -0.25) is 14.7 Å². The smallest absolute Gasteiger partial charge is 0.416 e. The number of ether oxygens (including phenoxy) is 2. The van der Waals surface area contributed by atoms with Crippen molar-refractivity contribution < 1.29 is 24.2 Å². The summed E-state index contributed by atoms with van der Waals surface area (Å²) in [6.45, 7) is 2.79. The van der Waals surface area contributed by atoms with Crippen LogP contribution in [-0.2, 0) is 6.42 Å². The van der Waals surface area contributed by atoms with Gasteiger partial charge in [0.05, 0.1) is 12.7 Å². The molecule has 1 aliphatic rings. The Bertz CT molecular complexity index is 1790. The van der Waals surface area contributed by atoms with E-state index in [4.69, 9.17) is 21.1 Å². The predicted molar refractivity (Wildman–Crippen MR) is 172 cm³/mol. The van der Waals surface area contributed by atoms with E-state index in [1.54, 1.807) is 41.4 Å². The zero-order chi connectivity index (χ0) is 31.3. The second-order valence-electron chi connectivity index (χ2n) is 11.0. The van der Waals surface area contributed by atoms with E-state index in [-0.39, 0.29) is 19.1 Å². The molecule has 0 bridgehead atoms. The van der Waals surface area contributed by atoms with E-state index in [1.165, 1.54) is 0 Å². The van der Waals surface area contributed by atoms with Gasteiger partial charge in [-0.1, -0.05) is 47.5 Å². The molecule has 9 nitrogen and oxygen atoms in total. The third-order valence-corrected chi connectivity index (χ3v) is 8.10. The highest BCUT2D eigenvalue weighted by atomic mass is 35.5. The van der Waals surface area contributed by atoms with Crippen LogP contribution < -0.4 is 14.8 Å². The molecule has 45 heavy (non-hydrogen) atoms. The quantitative estimate of drug-likeness (QED) is 0.179. The third kappa shape index (κ3) is 6.95. The van der Waals surface area contributed by atoms with E-state index < -0.39 is 18.2 Å². The van der Waals surface area contributed by atoms with Crippen LogP contribution in [0.25, 0.3) is 10.9 Å². The fourth-order valence-corrected chi connectivity index (χ4v) is 5.70. The highest BCUT2D eigenvalue weighted by Crippen LogP contribution is 2.40. The topological polar surface area (TPSA) is 117 Å². The van der Waals surface area contributed by atoms with Crippen molar-refractivity contribution in [1.29, 1.82) is 0 Å². The van der Waals surface area contributed by atoms with Crippen LogP contribution in [-0.4, -0.2) is 57.8 Å². The minimum atomic E-state index is -0.777. The summed E-state index contributed by atoms with van der Waals surface area (Å²) in [4.78, 5) is 35.0. The molecule has 5 aromatic rings. The van der Waals surface area contributed by atoms with Crippen molar-refractivity contribution in [3.8, 4) is 11.5 Å². The summed E-state index contributed by atoms with van der Waals surface area (Å²) in [5, 5.41) is 14.7. The molecule has 0 aliphatic carbocycles. The molecule has 0 spiro atoms. The van der Waals surface area contributed by atoms with Gasteiger partial charge in [0.25, 0.3) is 5.91 Å². The SMILES string of the molecule is Cc1ccc(OC(=O)N2CCc3c([nH]c4ccc(Cl)cc34)[C@@H]2c2ccc(OCCC(O)CNC(=O)c3ccccn3)cc2)cc1. The number of fused-ring (bicyclic) bond motifs is 3. The van der Waals surface area contributed by atoms with E-state index in [9.17, 15) is 14.7 Å². The number of carbonyl (C=O) groups excluding carboxylic acids is 2. The molecule has 0 radical (unpaired) electrons. The van der Waals surface area contributed by atoms with Crippen LogP contribution in [0.4, 0.5) is 4.79 Å². The first kappa shape index (κ1) is 30.2. The molecule has 2 amide bonds. The number of H-pyrrole nitrogens is 1. The summed E-state index contributed by atoms with van der Waals surface area (Å²) in [5.41, 5.74) is 5.27. The molecular weight excluding hydrogens is 592 g/mol. The van der Waals surface area contributed by atoms with Crippen molar-refractivity contribution in [2.24, 2.45) is 0 Å². The van der Waals surface area contributed by atoms with Gasteiger partial charge in [-0.15, -0.1) is 0 Å². The molecule has 0 saturated carbocycles. The highest BCUT2D eigenvalue weighted by molar-refractivity contribution is 6.31. The summed E-state index contributed by atoms with van der Waals surface area (Å²) in [6, 6.07) is 25.4. The number of rotatable bonds is 9. The van der Waals surface area contributed by atoms with Crippen molar-refractivity contribution in [2.45, 2.75) is 31.9 Å². The number of nitrogens with zero attached hydrogens (tertiary/aromatic N) is 2. The number of aromatic amines is 1. The first-order valence-corrected chi connectivity index (χ1v) is 15.2. The number of nitrogens with one attached hydrogen (secondary N) is 2. The highest BCUT2D eigenvalue weighted by Gasteiger charge is 2.35. The lowest BCUT2D eigenvalue weighted by atomic mass is 9.92. The molecule has 1 unspecified atom stereocenters. The van der Waals surface area contributed by atoms with E-state index >= 15 is 0 Å². The monoisotopic (exact) mass is 624 g/mol. The number of hydrogen-bond donors (Lipinski definition) is 3. The summed E-state index contributed by atoms with van der Waals surface area (Å²) in [5.74, 6) is 0.768. The van der Waals surface area contributed by atoms with Gasteiger partial charge in [-0.25, -0.2) is 4.79 Å². The van der Waals surface area contributed by atoms with Gasteiger partial charge < -0.3 is 24.9 Å². The molecule has 230 valence electrons. The molecule has 6 rings (SSSR count). The van der Waals surface area contributed by atoms with E-state index in [0.29, 0.717) is 41.6 Å². The first-order valence-electron chi connectivity index (χ1n) is 14.8. The molecule has 0 saturated heterocycles. The molecule has 0 fully saturated rings. The summed E-state index contributed by atoms with van der Waals surface area (Å²) >= 11 is 6.34. The zero-order valence-corrected chi connectivity index (χ0v) is 25.5. The number of aliphatic hydroxyl groups is 1. The Kier molecular flexibility index (Phi) is 9.00. The second kappa shape index (κ2) is 13.4. The van der Waals surface area contributed by atoms with Gasteiger partial charge in [-0.2, -0.15) is 0 Å². The number of halogens is 1. The summed E-state index contributed by atoms with van der Waals surface area (Å²) < 4.78 is 11.7. The molecule has 10 heteroatoms. The summed E-state index contributed by atoms with van der Waals surface area (Å²) in [7, 11) is 0. The lowest BCUT2D eigenvalue weighted by Crippen LogP contribution is -2.42. The number of pyridine rings is 1. The lowest BCUT2D eigenvalue weighted by Gasteiger charge is -2.35. The number of aliphatic hydroxyl groups excluding tert-OH is 1. The van der Waals surface area contributed by atoms with Crippen LogP contribution in [0.1, 0.15) is 45.3 Å². The van der Waals surface area contributed by atoms with E-state index in [2.05, 4.69) is 15.3 Å². The average molecular weight is 625 g/mol. The Balaban J connectivity index is 1.15. The van der Waals surface area contributed by atoms with Crippen molar-refractivity contribution in [1.82, 2.24) is 20.2 Å². The molecule has 3 aromatic carbocycles. The van der Waals surface area contributed by atoms with Crippen molar-refractivity contribution in [3.05, 3.63) is 124 Å². The number of aromatic nitrogens is 2. The summed E-state index contributed by atoms with van der Waals surface area (Å²) in [6.07, 6.45) is 1.31. The average Bonchev–Trinajstić information content (AvgIpc) is 3.43. The maximum Gasteiger partial charge on any atom is 0.416 e. The van der Waals surface area contributed by atoms with Crippen LogP contribution in [0.3, 0.4) is 0 Å². The Hall–Kier alpha value is -4.86. The molecule has 2 atom stereocenters. The van der Waals surface area contributed by atoms with Gasteiger partial charge in [0.15, 0.2) is 0 Å². The minimum Gasteiger partial charge on any atom is -0.493 e. The maximum atomic E-state index is 13.6. The Labute approximate surface area is 265 Å². The number of benzene rings is 3. The maximum absolute atomic E-state index is 13.6. The molecule has 3 N–H and O–H groups in total. The van der Waals surface area contributed by atoms with E-state index in [0.717, 1.165) is 33.3 Å². The number of hydrogen-bond acceptors (Lipinski definition) is 6. The van der Waals surface area contributed by atoms with Crippen LogP contribution in [0.15, 0.2) is 91.1 Å². The molecular formula is C35H33ClN4O5. The Morgan fingerprint density at radius 1 is 1.07 bits per heavy atom. The van der Waals surface area contributed by atoms with Gasteiger partial charge in [0, 0.05) is 47.3 Å². The first-order chi connectivity index (χ1) is 21.9. The molecule has 2 aromatic heterocycles. The van der Waals surface area contributed by atoms with Crippen LogP contribution in [0.5, 0.6) is 11.5 Å². The number of amides is 2. The fourth-order valence-electron chi connectivity index (χ4n) is 5.53. The normalized spacial score (nSPS) is 14.9. The van der Waals surface area contributed by atoms with Crippen LogP contribution in [0, 0.1) is 6.92 Å². The van der Waals surface area contributed by atoms with Crippen molar-refractivity contribution in [2.75, 3.05) is 19.7 Å². The van der Waals surface area contributed by atoms with Crippen LogP contribution in [0.2, 0.25) is 5.02 Å². The number of carbonyl (C=O) groups is 2. The van der Waals surface area contributed by atoms with Gasteiger partial charge in [0.1, 0.15) is 23.2 Å². The Morgan fingerprint density at radius 3 is 2.60 bits per heavy atom. The third-order valence-electron chi connectivity index (χ3n) is 7.86. The second-order valence-corrected chi connectivity index (χ2v) is 11.5. The zero-order valence-electron chi connectivity index (χ0n) is 24.7. The largest absolute Gasteiger partial charge is 0.493 e. The van der Waals surface area contributed by atoms with Gasteiger partial charge >= 0.3 is 6.09 Å². The number of aryl methyl sites for hydroxylation is 1. The van der Waals surface area contributed by atoms with Crippen LogP contribution >= 0.6 is 11.6 Å². The predicted octanol–water partition coefficient (Wildman–Crippen LogP) is 6.23. The van der Waals surface area contributed by atoms with Crippen molar-refractivity contribution in [3.63, 3.8) is 0 Å². The van der Waals surface area contributed by atoms with Crippen molar-refractivity contribution >= 4 is 34.5 Å². The fraction of sp³-hybridized carbons (Fsp3) is 0.229. The standard InChI is InChI=1S/C35H33ClN4O5/c1-22-5-10-27(11-6-22)45-35(43)40-18-15-28-29-20-24(36)9-14-30(29)39-32(28)33(40)23-7-12-26(13-8-23)44-19-16-25(41)21-38-34(42)31-4-2-3-17-37-31/h2-14,17,20,25,33,39,41H,15-16,18-19,21H2,1H3,(H,38,42)/t25?,33-/m0/s1. The molecule has 3 heterocycles. The lowest BCUT2D eigenvalue weighted by molar-refractivity contribution is 0.0890. The minimum absolute atomic E-state index is 0.0892. The van der Waals surface area contributed by atoms with Gasteiger partial charge in [0.2, 0.25) is 0 Å². The molecule has 1 aliphatic heterocycles.